The summed E-state index contributed by atoms with van der Waals surface area (Å²) in [6, 6.07) is 6.71. The largest absolute Gasteiger partial charge is 0.444 e. The third kappa shape index (κ3) is 4.87. The minimum absolute atomic E-state index is 0.161. The predicted molar refractivity (Wildman–Crippen MR) is 94.0 cm³/mol. The Morgan fingerprint density at radius 2 is 2.08 bits per heavy atom. The van der Waals surface area contributed by atoms with E-state index >= 15 is 0 Å². The highest BCUT2D eigenvalue weighted by Gasteiger charge is 2.36. The molecule has 1 N–H and O–H groups in total. The third-order valence-corrected chi connectivity index (χ3v) is 4.13. The van der Waals surface area contributed by atoms with Gasteiger partial charge in [-0.2, -0.15) is 0 Å². The molecule has 0 spiro atoms. The average Bonchev–Trinajstić information content (AvgIpc) is 2.95. The topological polar surface area (TPSA) is 58.6 Å². The first kappa shape index (κ1) is 18.6. The van der Waals surface area contributed by atoms with Gasteiger partial charge in [-0.25, -0.2) is 4.79 Å². The van der Waals surface area contributed by atoms with Gasteiger partial charge in [-0.3, -0.25) is 9.69 Å². The molecule has 1 aromatic carbocycles. The quantitative estimate of drug-likeness (QED) is 0.897. The maximum atomic E-state index is 12.6. The molecule has 0 aromatic heterocycles. The van der Waals surface area contributed by atoms with Crippen LogP contribution in [0.4, 0.5) is 4.79 Å². The molecule has 1 saturated heterocycles. The highest BCUT2D eigenvalue weighted by atomic mass is 35.5. The molecule has 1 aliphatic heterocycles. The van der Waals surface area contributed by atoms with Crippen LogP contribution in [0.3, 0.4) is 0 Å². The molecule has 1 aliphatic rings. The second kappa shape index (κ2) is 7.43. The van der Waals surface area contributed by atoms with Crippen LogP contribution in [0.25, 0.3) is 0 Å². The molecule has 6 heteroatoms. The van der Waals surface area contributed by atoms with Gasteiger partial charge in [0.1, 0.15) is 11.6 Å². The number of nitrogens with zero attached hydrogens (tertiary/aromatic N) is 1. The average molecular weight is 353 g/mol. The molecule has 0 radical (unpaired) electrons. The molecule has 0 aliphatic carbocycles. The van der Waals surface area contributed by atoms with E-state index in [4.69, 9.17) is 16.3 Å². The standard InChI is InChI=1S/C18H25ClN2O3/c1-12(13-7-5-8-14(19)11-13)20-16(22)15-9-6-10-21(15)17(23)24-18(2,3)4/h5,7-8,11-12,15H,6,9-10H2,1-4H3,(H,20,22). The van der Waals surface area contributed by atoms with Crippen LogP contribution in [0.1, 0.15) is 52.1 Å². The Labute approximate surface area is 148 Å². The number of hydrogen-bond donors (Lipinski definition) is 1. The molecule has 1 fully saturated rings. The van der Waals surface area contributed by atoms with Crippen LogP contribution >= 0.6 is 11.6 Å². The molecule has 132 valence electrons. The van der Waals surface area contributed by atoms with Crippen molar-refractivity contribution in [1.29, 1.82) is 0 Å². The summed E-state index contributed by atoms with van der Waals surface area (Å²) in [4.78, 5) is 26.4. The number of ether oxygens (including phenoxy) is 1. The number of hydrogen-bond acceptors (Lipinski definition) is 3. The summed E-state index contributed by atoms with van der Waals surface area (Å²) < 4.78 is 5.40. The van der Waals surface area contributed by atoms with Gasteiger partial charge < -0.3 is 10.1 Å². The molecule has 2 atom stereocenters. The first-order valence-corrected chi connectivity index (χ1v) is 8.60. The van der Waals surface area contributed by atoms with Crippen LogP contribution in [0.5, 0.6) is 0 Å². The van der Waals surface area contributed by atoms with Crippen LogP contribution in [-0.4, -0.2) is 35.1 Å². The van der Waals surface area contributed by atoms with Crippen molar-refractivity contribution < 1.29 is 14.3 Å². The van der Waals surface area contributed by atoms with E-state index in [0.29, 0.717) is 18.0 Å². The SMILES string of the molecule is CC(NC(=O)C1CCCN1C(=O)OC(C)(C)C)c1cccc(Cl)c1. The van der Waals surface area contributed by atoms with Crippen molar-refractivity contribution in [2.45, 2.75) is 58.2 Å². The van der Waals surface area contributed by atoms with Gasteiger partial charge in [-0.05, 0) is 58.2 Å². The molecule has 24 heavy (non-hydrogen) atoms. The predicted octanol–water partition coefficient (Wildman–Crippen LogP) is 3.92. The van der Waals surface area contributed by atoms with Crippen molar-refractivity contribution in [3.63, 3.8) is 0 Å². The maximum absolute atomic E-state index is 12.6. The van der Waals surface area contributed by atoms with Gasteiger partial charge in [-0.1, -0.05) is 23.7 Å². The fourth-order valence-corrected chi connectivity index (χ4v) is 2.95. The Morgan fingerprint density at radius 3 is 2.71 bits per heavy atom. The zero-order chi connectivity index (χ0) is 17.9. The van der Waals surface area contributed by atoms with Gasteiger partial charge >= 0.3 is 6.09 Å². The van der Waals surface area contributed by atoms with E-state index in [1.54, 1.807) is 6.07 Å². The fourth-order valence-electron chi connectivity index (χ4n) is 2.75. The molecular weight excluding hydrogens is 328 g/mol. The Balaban J connectivity index is 2.01. The van der Waals surface area contributed by atoms with Crippen LogP contribution in [0, 0.1) is 0 Å². The number of amides is 2. The van der Waals surface area contributed by atoms with Gasteiger partial charge in [0.2, 0.25) is 5.91 Å². The van der Waals surface area contributed by atoms with Crippen LogP contribution in [0.2, 0.25) is 5.02 Å². The van der Waals surface area contributed by atoms with E-state index < -0.39 is 17.7 Å². The van der Waals surface area contributed by atoms with E-state index in [9.17, 15) is 9.59 Å². The van der Waals surface area contributed by atoms with Gasteiger partial charge in [0.15, 0.2) is 0 Å². The Hall–Kier alpha value is -1.75. The van der Waals surface area contributed by atoms with Crippen molar-refractivity contribution in [2.75, 3.05) is 6.54 Å². The number of likely N-dealkylation sites (tertiary alicyclic amines) is 1. The first-order chi connectivity index (χ1) is 11.2. The molecule has 5 nitrogen and oxygen atoms in total. The molecule has 2 unspecified atom stereocenters. The minimum Gasteiger partial charge on any atom is -0.444 e. The molecule has 2 rings (SSSR count). The zero-order valence-corrected chi connectivity index (χ0v) is 15.4. The van der Waals surface area contributed by atoms with Crippen LogP contribution in [-0.2, 0) is 9.53 Å². The number of rotatable bonds is 3. The van der Waals surface area contributed by atoms with Crippen molar-refractivity contribution in [1.82, 2.24) is 10.2 Å². The lowest BCUT2D eigenvalue weighted by Gasteiger charge is -2.28. The number of benzene rings is 1. The molecule has 0 saturated carbocycles. The fraction of sp³-hybridized carbons (Fsp3) is 0.556. The van der Waals surface area contributed by atoms with E-state index in [-0.39, 0.29) is 11.9 Å². The lowest BCUT2D eigenvalue weighted by atomic mass is 10.1. The second-order valence-electron chi connectivity index (χ2n) is 7.12. The summed E-state index contributed by atoms with van der Waals surface area (Å²) in [5, 5.41) is 3.60. The Bertz CT molecular complexity index is 613. The lowest BCUT2D eigenvalue weighted by molar-refractivity contribution is -0.126. The summed E-state index contributed by atoms with van der Waals surface area (Å²) in [5.41, 5.74) is 0.354. The molecule has 1 heterocycles. The Morgan fingerprint density at radius 1 is 1.38 bits per heavy atom. The molecule has 0 bridgehead atoms. The lowest BCUT2D eigenvalue weighted by Crippen LogP contribution is -2.48. The highest BCUT2D eigenvalue weighted by molar-refractivity contribution is 6.30. The van der Waals surface area contributed by atoms with Crippen molar-refractivity contribution >= 4 is 23.6 Å². The van der Waals surface area contributed by atoms with Crippen molar-refractivity contribution in [2.24, 2.45) is 0 Å². The van der Waals surface area contributed by atoms with E-state index in [0.717, 1.165) is 12.0 Å². The van der Waals surface area contributed by atoms with Crippen LogP contribution in [0.15, 0.2) is 24.3 Å². The summed E-state index contributed by atoms with van der Waals surface area (Å²) >= 11 is 6.00. The number of carbonyl (C=O) groups is 2. The van der Waals surface area contributed by atoms with Crippen molar-refractivity contribution in [3.8, 4) is 0 Å². The number of halogens is 1. The van der Waals surface area contributed by atoms with Gasteiger partial charge in [-0.15, -0.1) is 0 Å². The Kier molecular flexibility index (Phi) is 5.75. The van der Waals surface area contributed by atoms with Crippen LogP contribution < -0.4 is 5.32 Å². The molecule has 1 aromatic rings. The summed E-state index contributed by atoms with van der Waals surface area (Å²) in [6.45, 7) is 7.89. The zero-order valence-electron chi connectivity index (χ0n) is 14.6. The maximum Gasteiger partial charge on any atom is 0.410 e. The molecular formula is C18H25ClN2O3. The smallest absolute Gasteiger partial charge is 0.410 e. The third-order valence-electron chi connectivity index (χ3n) is 3.89. The molecule has 2 amide bonds. The number of carbonyl (C=O) groups excluding carboxylic acids is 2. The summed E-state index contributed by atoms with van der Waals surface area (Å²) in [7, 11) is 0. The monoisotopic (exact) mass is 352 g/mol. The second-order valence-corrected chi connectivity index (χ2v) is 7.55. The van der Waals surface area contributed by atoms with Gasteiger partial charge in [0, 0.05) is 11.6 Å². The van der Waals surface area contributed by atoms with Gasteiger partial charge in [0.05, 0.1) is 6.04 Å². The van der Waals surface area contributed by atoms with E-state index in [1.165, 1.54) is 4.90 Å². The first-order valence-electron chi connectivity index (χ1n) is 8.23. The van der Waals surface area contributed by atoms with Crippen molar-refractivity contribution in [3.05, 3.63) is 34.9 Å². The van der Waals surface area contributed by atoms with Gasteiger partial charge in [0.25, 0.3) is 0 Å². The summed E-state index contributed by atoms with van der Waals surface area (Å²) in [5.74, 6) is -0.161. The van der Waals surface area contributed by atoms with E-state index in [2.05, 4.69) is 5.32 Å². The summed E-state index contributed by atoms with van der Waals surface area (Å²) in [6.07, 6.45) is 1.01. The number of nitrogens with one attached hydrogen (secondary N) is 1. The normalized spacial score (nSPS) is 19.0. The minimum atomic E-state index is -0.575. The van der Waals surface area contributed by atoms with E-state index in [1.807, 2.05) is 45.9 Å². The highest BCUT2D eigenvalue weighted by Crippen LogP contribution is 2.23.